The summed E-state index contributed by atoms with van der Waals surface area (Å²) in [5, 5.41) is 8.24. The third-order valence-electron chi connectivity index (χ3n) is 5.26. The van der Waals surface area contributed by atoms with Gasteiger partial charge in [0.05, 0.1) is 10.5 Å². The fraction of sp³-hybridized carbons (Fsp3) is 0.381. The molecule has 0 N–H and O–H groups in total. The molecule has 0 amide bonds. The molecule has 1 fully saturated rings. The molecule has 4 rings (SSSR count). The predicted molar refractivity (Wildman–Crippen MR) is 114 cm³/mol. The number of rotatable bonds is 5. The number of piperazine rings is 1. The standard InChI is InChI=1S/C21H24FN5O3S/c1-14(2)20-24-25-21(30-20)17-5-4-8-23-19(17)26-9-11-27(12-10-26)31(28,29)16-6-7-18(22)15(3)13-16/h4-8,13-14H,9-12H2,1-3H3. The zero-order valence-electron chi connectivity index (χ0n) is 17.6. The Hall–Kier alpha value is -2.85. The van der Waals surface area contributed by atoms with Gasteiger partial charge < -0.3 is 9.32 Å². The van der Waals surface area contributed by atoms with Crippen LogP contribution in [0.4, 0.5) is 10.2 Å². The highest BCUT2D eigenvalue weighted by molar-refractivity contribution is 7.89. The molecule has 0 unspecified atom stereocenters. The summed E-state index contributed by atoms with van der Waals surface area (Å²) in [5.41, 5.74) is 1.02. The quantitative estimate of drug-likeness (QED) is 0.595. The first kappa shape index (κ1) is 21.4. The van der Waals surface area contributed by atoms with Gasteiger partial charge in [0.2, 0.25) is 15.9 Å². The van der Waals surface area contributed by atoms with Crippen molar-refractivity contribution in [2.45, 2.75) is 31.6 Å². The Labute approximate surface area is 180 Å². The van der Waals surface area contributed by atoms with E-state index in [2.05, 4.69) is 15.2 Å². The van der Waals surface area contributed by atoms with Crippen LogP contribution in [0.15, 0.2) is 45.8 Å². The average molecular weight is 446 g/mol. The normalized spacial score (nSPS) is 15.6. The summed E-state index contributed by atoms with van der Waals surface area (Å²) in [4.78, 5) is 6.60. The molecule has 0 bridgehead atoms. The average Bonchev–Trinajstić information content (AvgIpc) is 3.26. The molecule has 0 radical (unpaired) electrons. The number of anilines is 1. The Balaban J connectivity index is 1.53. The Morgan fingerprint density at radius 2 is 1.84 bits per heavy atom. The molecule has 1 aromatic carbocycles. The molecule has 2 aromatic heterocycles. The largest absolute Gasteiger partial charge is 0.420 e. The van der Waals surface area contributed by atoms with E-state index in [4.69, 9.17) is 4.42 Å². The molecule has 0 spiro atoms. The van der Waals surface area contributed by atoms with Gasteiger partial charge in [0.15, 0.2) is 0 Å². The van der Waals surface area contributed by atoms with Crippen LogP contribution in [0.3, 0.4) is 0 Å². The lowest BCUT2D eigenvalue weighted by atomic mass is 10.2. The Morgan fingerprint density at radius 3 is 2.48 bits per heavy atom. The summed E-state index contributed by atoms with van der Waals surface area (Å²) in [6, 6.07) is 7.53. The van der Waals surface area contributed by atoms with E-state index in [1.54, 1.807) is 19.2 Å². The fourth-order valence-corrected chi connectivity index (χ4v) is 4.97. The number of nitrogens with zero attached hydrogens (tertiary/aromatic N) is 5. The molecular weight excluding hydrogens is 421 g/mol. The molecular formula is C21H24FN5O3S. The highest BCUT2D eigenvalue weighted by atomic mass is 32.2. The number of benzene rings is 1. The lowest BCUT2D eigenvalue weighted by Crippen LogP contribution is -2.49. The Bertz CT molecular complexity index is 1190. The third kappa shape index (κ3) is 4.17. The van der Waals surface area contributed by atoms with Gasteiger partial charge in [-0.15, -0.1) is 10.2 Å². The van der Waals surface area contributed by atoms with E-state index in [0.29, 0.717) is 41.8 Å². The minimum Gasteiger partial charge on any atom is -0.420 e. The highest BCUT2D eigenvalue weighted by Crippen LogP contribution is 2.30. The van der Waals surface area contributed by atoms with E-state index in [9.17, 15) is 12.8 Å². The van der Waals surface area contributed by atoms with Crippen LogP contribution in [0.2, 0.25) is 0 Å². The SMILES string of the molecule is Cc1cc(S(=O)(=O)N2CCN(c3ncccc3-c3nnc(C(C)C)o3)CC2)ccc1F. The van der Waals surface area contributed by atoms with Crippen molar-refractivity contribution in [1.29, 1.82) is 0 Å². The second-order valence-electron chi connectivity index (χ2n) is 7.78. The van der Waals surface area contributed by atoms with Crippen LogP contribution < -0.4 is 4.90 Å². The lowest BCUT2D eigenvalue weighted by Gasteiger charge is -2.35. The second kappa shape index (κ2) is 8.35. The first-order valence-electron chi connectivity index (χ1n) is 10.1. The summed E-state index contributed by atoms with van der Waals surface area (Å²) in [7, 11) is -3.70. The summed E-state index contributed by atoms with van der Waals surface area (Å²) < 4.78 is 46.7. The number of halogens is 1. The summed E-state index contributed by atoms with van der Waals surface area (Å²) in [6.45, 7) is 6.99. The van der Waals surface area contributed by atoms with Crippen molar-refractivity contribution in [2.24, 2.45) is 0 Å². The maximum Gasteiger partial charge on any atom is 0.251 e. The van der Waals surface area contributed by atoms with Crippen LogP contribution in [0.5, 0.6) is 0 Å². The molecule has 3 heterocycles. The van der Waals surface area contributed by atoms with Gasteiger partial charge in [-0.05, 0) is 42.8 Å². The van der Waals surface area contributed by atoms with Crippen LogP contribution >= 0.6 is 0 Å². The molecule has 1 saturated heterocycles. The fourth-order valence-electron chi connectivity index (χ4n) is 3.46. The minimum atomic E-state index is -3.70. The topological polar surface area (TPSA) is 92.4 Å². The summed E-state index contributed by atoms with van der Waals surface area (Å²) >= 11 is 0. The van der Waals surface area contributed by atoms with Crippen LogP contribution in [0.25, 0.3) is 11.5 Å². The molecule has 0 atom stereocenters. The van der Waals surface area contributed by atoms with E-state index in [0.717, 1.165) is 0 Å². The molecule has 8 nitrogen and oxygen atoms in total. The van der Waals surface area contributed by atoms with Gasteiger partial charge in [0.1, 0.15) is 11.6 Å². The highest BCUT2D eigenvalue weighted by Gasteiger charge is 2.30. The number of aromatic nitrogens is 3. The predicted octanol–water partition coefficient (Wildman–Crippen LogP) is 3.21. The maximum absolute atomic E-state index is 13.6. The van der Waals surface area contributed by atoms with Gasteiger partial charge in [-0.25, -0.2) is 17.8 Å². The number of hydrogen-bond acceptors (Lipinski definition) is 7. The van der Waals surface area contributed by atoms with E-state index in [1.165, 1.54) is 22.5 Å². The van der Waals surface area contributed by atoms with Gasteiger partial charge >= 0.3 is 0 Å². The second-order valence-corrected chi connectivity index (χ2v) is 9.71. The van der Waals surface area contributed by atoms with E-state index >= 15 is 0 Å². The smallest absolute Gasteiger partial charge is 0.251 e. The van der Waals surface area contributed by atoms with Crippen LogP contribution in [-0.4, -0.2) is 54.1 Å². The maximum atomic E-state index is 13.6. The van der Waals surface area contributed by atoms with Crippen LogP contribution in [0, 0.1) is 12.7 Å². The first-order chi connectivity index (χ1) is 14.8. The van der Waals surface area contributed by atoms with Gasteiger partial charge in [-0.1, -0.05) is 13.8 Å². The van der Waals surface area contributed by atoms with Crippen molar-refractivity contribution in [3.05, 3.63) is 53.8 Å². The molecule has 0 aliphatic carbocycles. The van der Waals surface area contributed by atoms with Gasteiger partial charge in [-0.2, -0.15) is 4.31 Å². The van der Waals surface area contributed by atoms with Gasteiger partial charge in [0, 0.05) is 38.3 Å². The van der Waals surface area contributed by atoms with Crippen molar-refractivity contribution in [1.82, 2.24) is 19.5 Å². The number of pyridine rings is 1. The Morgan fingerprint density at radius 1 is 1.10 bits per heavy atom. The van der Waals surface area contributed by atoms with Crippen molar-refractivity contribution in [3.8, 4) is 11.5 Å². The Kier molecular flexibility index (Phi) is 5.76. The van der Waals surface area contributed by atoms with E-state index in [1.807, 2.05) is 24.8 Å². The lowest BCUT2D eigenvalue weighted by molar-refractivity contribution is 0.383. The summed E-state index contributed by atoms with van der Waals surface area (Å²) in [5.74, 6) is 1.31. The molecule has 10 heteroatoms. The minimum absolute atomic E-state index is 0.102. The third-order valence-corrected chi connectivity index (χ3v) is 7.15. The van der Waals surface area contributed by atoms with Crippen molar-refractivity contribution in [3.63, 3.8) is 0 Å². The van der Waals surface area contributed by atoms with Crippen LogP contribution in [-0.2, 0) is 10.0 Å². The zero-order valence-corrected chi connectivity index (χ0v) is 18.4. The van der Waals surface area contributed by atoms with E-state index < -0.39 is 15.8 Å². The molecule has 31 heavy (non-hydrogen) atoms. The molecule has 0 saturated carbocycles. The van der Waals surface area contributed by atoms with Crippen molar-refractivity contribution >= 4 is 15.8 Å². The van der Waals surface area contributed by atoms with Gasteiger partial charge in [-0.3, -0.25) is 0 Å². The monoisotopic (exact) mass is 445 g/mol. The number of hydrogen-bond donors (Lipinski definition) is 0. The van der Waals surface area contributed by atoms with Crippen molar-refractivity contribution < 1.29 is 17.2 Å². The first-order valence-corrected chi connectivity index (χ1v) is 11.5. The number of sulfonamides is 1. The van der Waals surface area contributed by atoms with Crippen molar-refractivity contribution in [2.75, 3.05) is 31.1 Å². The molecule has 1 aliphatic rings. The summed E-state index contributed by atoms with van der Waals surface area (Å²) in [6.07, 6.45) is 1.68. The molecule has 3 aromatic rings. The number of aryl methyl sites for hydroxylation is 1. The van der Waals surface area contributed by atoms with E-state index in [-0.39, 0.29) is 23.9 Å². The molecule has 164 valence electrons. The van der Waals surface area contributed by atoms with Gasteiger partial charge in [0.25, 0.3) is 5.89 Å². The van der Waals surface area contributed by atoms with Crippen LogP contribution in [0.1, 0.15) is 31.2 Å². The molecule has 1 aliphatic heterocycles. The zero-order chi connectivity index (χ0) is 22.2.